The Hall–Kier alpha value is -1.28. The number of halogens is 1. The van der Waals surface area contributed by atoms with Crippen molar-refractivity contribution >= 4 is 15.8 Å². The molecule has 0 aliphatic heterocycles. The van der Waals surface area contributed by atoms with Gasteiger partial charge in [-0.3, -0.25) is 0 Å². The van der Waals surface area contributed by atoms with E-state index in [9.17, 15) is 12.8 Å². The Labute approximate surface area is 86.8 Å². The highest BCUT2D eigenvalue weighted by Gasteiger charge is 2.07. The molecule has 1 aromatic heterocycles. The molecule has 15 heavy (non-hydrogen) atoms. The molecule has 1 heterocycles. The van der Waals surface area contributed by atoms with Crippen LogP contribution < -0.4 is 10.5 Å². The Morgan fingerprint density at radius 2 is 2.20 bits per heavy atom. The lowest BCUT2D eigenvalue weighted by molar-refractivity contribution is 0.570. The first kappa shape index (κ1) is 11.8. The van der Waals surface area contributed by atoms with E-state index in [1.807, 2.05) is 0 Å². The lowest BCUT2D eigenvalue weighted by Gasteiger charge is -2.06. The number of sulfonamides is 1. The molecule has 1 rings (SSSR count). The van der Waals surface area contributed by atoms with E-state index >= 15 is 0 Å². The van der Waals surface area contributed by atoms with Crippen LogP contribution in [0.15, 0.2) is 6.33 Å². The molecule has 3 N–H and O–H groups in total. The molecule has 0 aliphatic carbocycles. The molecule has 1 aromatic rings. The van der Waals surface area contributed by atoms with Gasteiger partial charge in [0.05, 0.1) is 5.75 Å². The monoisotopic (exact) mass is 234 g/mol. The number of nitrogens with zero attached hydrogens (tertiary/aromatic N) is 2. The van der Waals surface area contributed by atoms with Gasteiger partial charge in [-0.15, -0.1) is 0 Å². The van der Waals surface area contributed by atoms with E-state index in [4.69, 9.17) is 5.14 Å². The van der Waals surface area contributed by atoms with Crippen LogP contribution in [-0.4, -0.2) is 30.7 Å². The SMILES string of the molecule is Cc1c(F)ncnc1NCCS(N)(=O)=O. The van der Waals surface area contributed by atoms with Gasteiger partial charge in [0, 0.05) is 12.1 Å². The Kier molecular flexibility index (Phi) is 3.53. The molecule has 0 atom stereocenters. The third-order valence-corrected chi connectivity index (χ3v) is 2.47. The normalized spacial score (nSPS) is 11.4. The topological polar surface area (TPSA) is 98.0 Å². The van der Waals surface area contributed by atoms with Crippen LogP contribution in [0.1, 0.15) is 5.56 Å². The molecular weight excluding hydrogens is 223 g/mol. The van der Waals surface area contributed by atoms with Gasteiger partial charge >= 0.3 is 0 Å². The predicted molar refractivity (Wildman–Crippen MR) is 53.2 cm³/mol. The Morgan fingerprint density at radius 1 is 1.53 bits per heavy atom. The Bertz CT molecular complexity index is 448. The second-order valence-electron chi connectivity index (χ2n) is 2.93. The fourth-order valence-corrected chi connectivity index (χ4v) is 1.31. The van der Waals surface area contributed by atoms with Crippen molar-refractivity contribution in [3.8, 4) is 0 Å². The van der Waals surface area contributed by atoms with Crippen molar-refractivity contribution in [2.75, 3.05) is 17.6 Å². The average Bonchev–Trinajstić information content (AvgIpc) is 2.10. The van der Waals surface area contributed by atoms with Crippen LogP contribution in [-0.2, 0) is 10.0 Å². The minimum absolute atomic E-state index is 0.0795. The predicted octanol–water partition coefficient (Wildman–Crippen LogP) is -0.375. The van der Waals surface area contributed by atoms with Crippen LogP contribution in [0, 0.1) is 12.9 Å². The summed E-state index contributed by atoms with van der Waals surface area (Å²) in [4.78, 5) is 7.10. The minimum atomic E-state index is -3.52. The summed E-state index contributed by atoms with van der Waals surface area (Å²) in [6.45, 7) is 1.57. The van der Waals surface area contributed by atoms with Gasteiger partial charge in [-0.25, -0.2) is 23.5 Å². The molecule has 0 radical (unpaired) electrons. The smallest absolute Gasteiger partial charge is 0.220 e. The van der Waals surface area contributed by atoms with Crippen molar-refractivity contribution in [1.29, 1.82) is 0 Å². The van der Waals surface area contributed by atoms with Crippen LogP contribution in [0.4, 0.5) is 10.2 Å². The second kappa shape index (κ2) is 4.49. The summed E-state index contributed by atoms with van der Waals surface area (Å²) in [7, 11) is -3.52. The fourth-order valence-electron chi connectivity index (χ4n) is 0.919. The number of anilines is 1. The van der Waals surface area contributed by atoms with Crippen LogP contribution in [0.5, 0.6) is 0 Å². The van der Waals surface area contributed by atoms with Crippen LogP contribution >= 0.6 is 0 Å². The number of hydrogen-bond acceptors (Lipinski definition) is 5. The molecule has 84 valence electrons. The number of rotatable bonds is 4. The van der Waals surface area contributed by atoms with Gasteiger partial charge in [0.25, 0.3) is 0 Å². The molecule has 0 fully saturated rings. The zero-order valence-corrected chi connectivity index (χ0v) is 8.88. The highest BCUT2D eigenvalue weighted by atomic mass is 32.2. The van der Waals surface area contributed by atoms with Gasteiger partial charge in [0.1, 0.15) is 12.1 Å². The summed E-state index contributed by atoms with van der Waals surface area (Å²) in [6, 6.07) is 0. The van der Waals surface area contributed by atoms with Crippen LogP contribution in [0.25, 0.3) is 0 Å². The maximum Gasteiger partial charge on any atom is 0.220 e. The molecule has 0 spiro atoms. The largest absolute Gasteiger partial charge is 0.369 e. The standard InChI is InChI=1S/C7H11FN4O2S/c1-5-6(8)11-4-12-7(5)10-2-3-15(9,13)14/h4H,2-3H2,1H3,(H2,9,13,14)(H,10,11,12). The van der Waals surface area contributed by atoms with E-state index < -0.39 is 16.0 Å². The van der Waals surface area contributed by atoms with E-state index in [1.165, 1.54) is 6.92 Å². The van der Waals surface area contributed by atoms with Crippen LogP contribution in [0.2, 0.25) is 0 Å². The molecular formula is C7H11FN4O2S. The second-order valence-corrected chi connectivity index (χ2v) is 4.67. The highest BCUT2D eigenvalue weighted by Crippen LogP contribution is 2.11. The van der Waals surface area contributed by atoms with Gasteiger partial charge in [-0.2, -0.15) is 4.39 Å². The molecule has 0 saturated carbocycles. The fraction of sp³-hybridized carbons (Fsp3) is 0.429. The van der Waals surface area contributed by atoms with Crippen molar-refractivity contribution in [3.63, 3.8) is 0 Å². The quantitative estimate of drug-likeness (QED) is 0.692. The zero-order valence-electron chi connectivity index (χ0n) is 8.07. The molecule has 0 saturated heterocycles. The van der Waals surface area contributed by atoms with Crippen molar-refractivity contribution in [1.82, 2.24) is 9.97 Å². The van der Waals surface area contributed by atoms with Crippen molar-refractivity contribution in [2.24, 2.45) is 5.14 Å². The summed E-state index contributed by atoms with van der Waals surface area (Å²) < 4.78 is 34.1. The third-order valence-electron chi connectivity index (χ3n) is 1.70. The Morgan fingerprint density at radius 3 is 2.80 bits per heavy atom. The molecule has 0 bridgehead atoms. The van der Waals surface area contributed by atoms with Gasteiger partial charge in [-0.1, -0.05) is 0 Å². The summed E-state index contributed by atoms with van der Waals surface area (Å²) in [5.74, 6) is -0.604. The molecule has 6 nitrogen and oxygen atoms in total. The van der Waals surface area contributed by atoms with Crippen molar-refractivity contribution < 1.29 is 12.8 Å². The number of primary sulfonamides is 1. The van der Waals surface area contributed by atoms with E-state index in [1.54, 1.807) is 0 Å². The molecule has 8 heteroatoms. The lowest BCUT2D eigenvalue weighted by atomic mass is 10.3. The molecule has 0 amide bonds. The molecule has 0 unspecified atom stereocenters. The van der Waals surface area contributed by atoms with E-state index in [0.717, 1.165) is 6.33 Å². The lowest BCUT2D eigenvalue weighted by Crippen LogP contribution is -2.23. The van der Waals surface area contributed by atoms with Gasteiger partial charge in [0.2, 0.25) is 16.0 Å². The van der Waals surface area contributed by atoms with Crippen molar-refractivity contribution in [2.45, 2.75) is 6.92 Å². The third kappa shape index (κ3) is 3.76. The van der Waals surface area contributed by atoms with E-state index in [2.05, 4.69) is 15.3 Å². The van der Waals surface area contributed by atoms with E-state index in [-0.39, 0.29) is 23.7 Å². The first-order chi connectivity index (χ1) is 6.90. The highest BCUT2D eigenvalue weighted by molar-refractivity contribution is 7.89. The van der Waals surface area contributed by atoms with Gasteiger partial charge in [0.15, 0.2) is 0 Å². The molecule has 0 aromatic carbocycles. The maximum absolute atomic E-state index is 12.9. The minimum Gasteiger partial charge on any atom is -0.369 e. The average molecular weight is 234 g/mol. The van der Waals surface area contributed by atoms with Crippen molar-refractivity contribution in [3.05, 3.63) is 17.8 Å². The summed E-state index contributed by atoms with van der Waals surface area (Å²) >= 11 is 0. The van der Waals surface area contributed by atoms with Gasteiger partial charge in [-0.05, 0) is 6.92 Å². The van der Waals surface area contributed by atoms with Crippen LogP contribution in [0.3, 0.4) is 0 Å². The Balaban J connectivity index is 2.62. The first-order valence-corrected chi connectivity index (χ1v) is 5.83. The summed E-state index contributed by atoms with van der Waals surface area (Å²) in [6.07, 6.45) is 1.06. The number of hydrogen-bond donors (Lipinski definition) is 2. The summed E-state index contributed by atoms with van der Waals surface area (Å²) in [5, 5.41) is 7.45. The van der Waals surface area contributed by atoms with E-state index in [0.29, 0.717) is 0 Å². The number of nitrogens with one attached hydrogen (secondary N) is 1. The van der Waals surface area contributed by atoms with Gasteiger partial charge < -0.3 is 5.32 Å². The maximum atomic E-state index is 12.9. The number of aromatic nitrogens is 2. The summed E-state index contributed by atoms with van der Waals surface area (Å²) in [5.41, 5.74) is 0.243. The first-order valence-electron chi connectivity index (χ1n) is 4.11. The zero-order chi connectivity index (χ0) is 11.5. The number of nitrogens with two attached hydrogens (primary N) is 1. The molecule has 0 aliphatic rings.